The zero-order chi connectivity index (χ0) is 15.1. The van der Waals surface area contributed by atoms with E-state index in [2.05, 4.69) is 11.7 Å². The molecule has 0 aliphatic rings. The molecule has 0 aromatic heterocycles. The van der Waals surface area contributed by atoms with Gasteiger partial charge in [0.1, 0.15) is 0 Å². The van der Waals surface area contributed by atoms with Gasteiger partial charge in [0.25, 0.3) is 0 Å². The minimum Gasteiger partial charge on any atom is -0.481 e. The number of aliphatic hydroxyl groups excluding tert-OH is 2. The summed E-state index contributed by atoms with van der Waals surface area (Å²) in [5.41, 5.74) is -0.448. The molecule has 0 atom stereocenters. The number of carboxylic acid groups (broad SMARTS) is 1. The number of ether oxygens (including phenoxy) is 1. The minimum absolute atomic E-state index is 0.0278. The molecule has 5 nitrogen and oxygen atoms in total. The lowest BCUT2D eigenvalue weighted by Crippen LogP contribution is -2.29. The summed E-state index contributed by atoms with van der Waals surface area (Å²) in [5, 5.41) is 25.2. The number of unbranched alkanes of at least 4 members (excludes halogenated alkanes) is 1. The van der Waals surface area contributed by atoms with Crippen LogP contribution in [0.15, 0.2) is 0 Å². The van der Waals surface area contributed by atoms with Crippen LogP contribution < -0.4 is 0 Å². The van der Waals surface area contributed by atoms with E-state index in [1.807, 2.05) is 13.8 Å². The zero-order valence-electron chi connectivity index (χ0n) is 12.5. The van der Waals surface area contributed by atoms with Gasteiger partial charge in [-0.3, -0.25) is 4.79 Å². The second-order valence-corrected chi connectivity index (χ2v) is 4.46. The molecular formula is C14H30O5. The maximum Gasteiger partial charge on any atom is 0.309 e. The molecular weight excluding hydrogens is 248 g/mol. The lowest BCUT2D eigenvalue weighted by molar-refractivity contribution is -0.150. The SMILES string of the molecule is CCCCC(CC)(CC)C(=O)O.OCCOCCO. The van der Waals surface area contributed by atoms with Crippen molar-refractivity contribution in [2.75, 3.05) is 26.4 Å². The van der Waals surface area contributed by atoms with Gasteiger partial charge in [-0.05, 0) is 19.3 Å². The van der Waals surface area contributed by atoms with Gasteiger partial charge < -0.3 is 20.1 Å². The summed E-state index contributed by atoms with van der Waals surface area (Å²) in [7, 11) is 0. The smallest absolute Gasteiger partial charge is 0.309 e. The highest BCUT2D eigenvalue weighted by molar-refractivity contribution is 5.74. The van der Waals surface area contributed by atoms with Gasteiger partial charge in [-0.2, -0.15) is 0 Å². The molecule has 19 heavy (non-hydrogen) atoms. The Morgan fingerprint density at radius 2 is 1.53 bits per heavy atom. The Balaban J connectivity index is 0. The molecule has 0 saturated heterocycles. The number of carboxylic acids is 1. The summed E-state index contributed by atoms with van der Waals surface area (Å²) in [6, 6.07) is 0. The summed E-state index contributed by atoms with van der Waals surface area (Å²) in [4.78, 5) is 11.0. The van der Waals surface area contributed by atoms with Gasteiger partial charge in [0.05, 0.1) is 31.8 Å². The van der Waals surface area contributed by atoms with Crippen molar-refractivity contribution in [3.8, 4) is 0 Å². The van der Waals surface area contributed by atoms with Gasteiger partial charge >= 0.3 is 5.97 Å². The second kappa shape index (κ2) is 13.8. The van der Waals surface area contributed by atoms with E-state index in [-0.39, 0.29) is 13.2 Å². The minimum atomic E-state index is -0.624. The first-order chi connectivity index (χ1) is 9.04. The third kappa shape index (κ3) is 9.87. The van der Waals surface area contributed by atoms with E-state index in [0.717, 1.165) is 32.1 Å². The first-order valence-corrected chi connectivity index (χ1v) is 7.07. The van der Waals surface area contributed by atoms with E-state index in [0.29, 0.717) is 13.2 Å². The molecule has 116 valence electrons. The van der Waals surface area contributed by atoms with Crippen molar-refractivity contribution in [3.05, 3.63) is 0 Å². The van der Waals surface area contributed by atoms with Gasteiger partial charge in [0, 0.05) is 0 Å². The predicted octanol–water partition coefficient (Wildman–Crippen LogP) is 2.06. The van der Waals surface area contributed by atoms with Crippen molar-refractivity contribution < 1.29 is 24.9 Å². The number of aliphatic hydroxyl groups is 2. The number of carbonyl (C=O) groups is 1. The molecule has 0 aromatic carbocycles. The van der Waals surface area contributed by atoms with Crippen LogP contribution in [0.1, 0.15) is 52.9 Å². The molecule has 0 aliphatic carbocycles. The van der Waals surface area contributed by atoms with Crippen LogP contribution in [-0.4, -0.2) is 47.7 Å². The van der Waals surface area contributed by atoms with Gasteiger partial charge in [-0.25, -0.2) is 0 Å². The Hall–Kier alpha value is -0.650. The van der Waals surface area contributed by atoms with Crippen molar-refractivity contribution >= 4 is 5.97 Å². The van der Waals surface area contributed by atoms with Crippen LogP contribution in [0.4, 0.5) is 0 Å². The van der Waals surface area contributed by atoms with E-state index in [4.69, 9.17) is 15.3 Å². The normalized spacial score (nSPS) is 10.8. The van der Waals surface area contributed by atoms with Crippen LogP contribution in [-0.2, 0) is 9.53 Å². The fourth-order valence-electron chi connectivity index (χ4n) is 1.76. The van der Waals surface area contributed by atoms with Crippen LogP contribution >= 0.6 is 0 Å². The second-order valence-electron chi connectivity index (χ2n) is 4.46. The molecule has 0 unspecified atom stereocenters. The fraction of sp³-hybridized carbons (Fsp3) is 0.929. The molecule has 0 amide bonds. The van der Waals surface area contributed by atoms with Gasteiger partial charge in [-0.1, -0.05) is 33.6 Å². The largest absolute Gasteiger partial charge is 0.481 e. The highest BCUT2D eigenvalue weighted by atomic mass is 16.5. The molecule has 0 bridgehead atoms. The average Bonchev–Trinajstić information content (AvgIpc) is 2.42. The average molecular weight is 278 g/mol. The maximum atomic E-state index is 11.0. The van der Waals surface area contributed by atoms with Crippen molar-refractivity contribution in [2.24, 2.45) is 5.41 Å². The van der Waals surface area contributed by atoms with E-state index in [9.17, 15) is 4.79 Å². The number of hydrogen-bond donors (Lipinski definition) is 3. The Bertz CT molecular complexity index is 198. The van der Waals surface area contributed by atoms with Crippen molar-refractivity contribution in [3.63, 3.8) is 0 Å². The quantitative estimate of drug-likeness (QED) is 0.532. The van der Waals surface area contributed by atoms with Crippen molar-refractivity contribution in [2.45, 2.75) is 52.9 Å². The summed E-state index contributed by atoms with van der Waals surface area (Å²) in [6.45, 7) is 6.72. The molecule has 3 N–H and O–H groups in total. The van der Waals surface area contributed by atoms with Crippen molar-refractivity contribution in [1.82, 2.24) is 0 Å². The highest BCUT2D eigenvalue weighted by Crippen LogP contribution is 2.32. The number of rotatable bonds is 10. The van der Waals surface area contributed by atoms with Gasteiger partial charge in [0.15, 0.2) is 0 Å². The molecule has 0 aliphatic heterocycles. The molecule has 0 heterocycles. The molecule has 0 radical (unpaired) electrons. The van der Waals surface area contributed by atoms with Crippen molar-refractivity contribution in [1.29, 1.82) is 0 Å². The molecule has 0 rings (SSSR count). The monoisotopic (exact) mass is 278 g/mol. The summed E-state index contributed by atoms with van der Waals surface area (Å²) < 4.78 is 4.63. The first-order valence-electron chi connectivity index (χ1n) is 7.07. The third-order valence-electron chi connectivity index (χ3n) is 3.29. The first kappa shape index (κ1) is 20.7. The van der Waals surface area contributed by atoms with E-state index in [1.165, 1.54) is 0 Å². The molecule has 0 spiro atoms. The highest BCUT2D eigenvalue weighted by Gasteiger charge is 2.33. The van der Waals surface area contributed by atoms with Gasteiger partial charge in [0.2, 0.25) is 0 Å². The number of aliphatic carboxylic acids is 1. The standard InChI is InChI=1S/C10H20O2.C4H10O3/c1-4-7-8-10(5-2,6-3)9(11)12;5-1-3-7-4-2-6/h4-8H2,1-3H3,(H,11,12);5-6H,1-4H2. The topological polar surface area (TPSA) is 87.0 Å². The molecule has 5 heteroatoms. The molecule has 0 saturated carbocycles. The summed E-state index contributed by atoms with van der Waals surface area (Å²) in [5.74, 6) is -0.624. The maximum absolute atomic E-state index is 11.0. The fourth-order valence-corrected chi connectivity index (χ4v) is 1.76. The van der Waals surface area contributed by atoms with Gasteiger partial charge in [-0.15, -0.1) is 0 Å². The Morgan fingerprint density at radius 3 is 1.79 bits per heavy atom. The third-order valence-corrected chi connectivity index (χ3v) is 3.29. The predicted molar refractivity (Wildman–Crippen MR) is 75.2 cm³/mol. The van der Waals surface area contributed by atoms with Crippen LogP contribution in [0.5, 0.6) is 0 Å². The van der Waals surface area contributed by atoms with Crippen LogP contribution in [0.25, 0.3) is 0 Å². The van der Waals surface area contributed by atoms with E-state index < -0.39 is 11.4 Å². The Kier molecular flexibility index (Phi) is 15.0. The van der Waals surface area contributed by atoms with Crippen LogP contribution in [0, 0.1) is 5.41 Å². The van der Waals surface area contributed by atoms with E-state index in [1.54, 1.807) is 0 Å². The molecule has 0 fully saturated rings. The molecule has 0 aromatic rings. The summed E-state index contributed by atoms with van der Waals surface area (Å²) in [6.07, 6.45) is 4.42. The Morgan fingerprint density at radius 1 is 1.05 bits per heavy atom. The lowest BCUT2D eigenvalue weighted by atomic mass is 9.78. The van der Waals surface area contributed by atoms with E-state index >= 15 is 0 Å². The van der Waals surface area contributed by atoms with Crippen LogP contribution in [0.2, 0.25) is 0 Å². The lowest BCUT2D eigenvalue weighted by Gasteiger charge is -2.26. The summed E-state index contributed by atoms with van der Waals surface area (Å²) >= 11 is 0. The van der Waals surface area contributed by atoms with Crippen LogP contribution in [0.3, 0.4) is 0 Å². The Labute approximate surface area is 116 Å². The zero-order valence-corrected chi connectivity index (χ0v) is 12.5. The number of hydrogen-bond acceptors (Lipinski definition) is 4.